The van der Waals surface area contributed by atoms with Crippen LogP contribution in [-0.2, 0) is 28.6 Å². The van der Waals surface area contributed by atoms with Crippen LogP contribution in [0.3, 0.4) is 0 Å². The van der Waals surface area contributed by atoms with E-state index in [1.54, 1.807) is 6.08 Å². The molecule has 0 aromatic rings. The van der Waals surface area contributed by atoms with Gasteiger partial charge in [0.1, 0.15) is 0 Å². The fraction of sp³-hybridized carbons (Fsp3) is 0.609. The number of allylic oxidation sites excluding steroid dienone is 2. The molecule has 2 aliphatic rings. The highest BCUT2D eigenvalue weighted by Gasteiger charge is 2.33. The average Bonchev–Trinajstić information content (AvgIpc) is 2.78. The molecule has 1 heterocycles. The molecular weight excluding hydrogens is 386 g/mol. The third kappa shape index (κ3) is 5.97. The summed E-state index contributed by atoms with van der Waals surface area (Å²) in [5.74, 6) is -1.82. The van der Waals surface area contributed by atoms with E-state index in [0.717, 1.165) is 44.9 Å². The quantitative estimate of drug-likeness (QED) is 0.510. The number of methoxy groups -OCH3 is 3. The third-order valence-corrected chi connectivity index (χ3v) is 5.49. The third-order valence-electron chi connectivity index (χ3n) is 5.49. The highest BCUT2D eigenvalue weighted by molar-refractivity contribution is 6.09. The summed E-state index contributed by atoms with van der Waals surface area (Å²) in [7, 11) is 3.88. The fourth-order valence-electron chi connectivity index (χ4n) is 3.94. The minimum Gasteiger partial charge on any atom is -0.465 e. The average molecular weight is 420 g/mol. The molecule has 1 aliphatic carbocycles. The molecule has 7 heteroatoms. The summed E-state index contributed by atoms with van der Waals surface area (Å²) in [4.78, 5) is 40.5. The van der Waals surface area contributed by atoms with Gasteiger partial charge in [-0.15, -0.1) is 0 Å². The molecule has 1 fully saturated rings. The maximum atomic E-state index is 13.0. The van der Waals surface area contributed by atoms with E-state index < -0.39 is 17.9 Å². The molecule has 0 saturated carbocycles. The molecule has 0 aromatic carbocycles. The molecule has 0 N–H and O–H groups in total. The van der Waals surface area contributed by atoms with Crippen molar-refractivity contribution < 1.29 is 28.6 Å². The number of hydrogen-bond donors (Lipinski definition) is 0. The SMILES string of the molecule is COC(=O)C1=CCCCCCC/C=C(C(=O)OC)/C(C(=O)OC)=C\1N1CCCCC1. The summed E-state index contributed by atoms with van der Waals surface area (Å²) < 4.78 is 15.1. The number of likely N-dealkylation sites (tertiary alicyclic amines) is 1. The molecule has 0 radical (unpaired) electrons. The Morgan fingerprint density at radius 3 is 1.67 bits per heavy atom. The molecule has 166 valence electrons. The van der Waals surface area contributed by atoms with Gasteiger partial charge in [-0.2, -0.15) is 0 Å². The number of hydrogen-bond acceptors (Lipinski definition) is 7. The van der Waals surface area contributed by atoms with Gasteiger partial charge in [0.25, 0.3) is 0 Å². The minimum atomic E-state index is -0.668. The second-order valence-electron chi connectivity index (χ2n) is 7.47. The lowest BCUT2D eigenvalue weighted by atomic mass is 9.93. The number of carbonyl (C=O) groups is 3. The highest BCUT2D eigenvalue weighted by Crippen LogP contribution is 2.31. The van der Waals surface area contributed by atoms with E-state index in [1.165, 1.54) is 21.3 Å². The molecule has 0 bridgehead atoms. The van der Waals surface area contributed by atoms with E-state index in [2.05, 4.69) is 0 Å². The summed E-state index contributed by atoms with van der Waals surface area (Å²) in [6.45, 7) is 1.36. The van der Waals surface area contributed by atoms with E-state index in [1.807, 2.05) is 11.0 Å². The maximum Gasteiger partial charge on any atom is 0.340 e. The zero-order valence-corrected chi connectivity index (χ0v) is 18.3. The molecule has 0 spiro atoms. The Hall–Kier alpha value is -2.57. The van der Waals surface area contributed by atoms with Crippen LogP contribution in [-0.4, -0.2) is 57.2 Å². The fourth-order valence-corrected chi connectivity index (χ4v) is 3.94. The number of nitrogens with zero attached hydrogens (tertiary/aromatic N) is 1. The minimum absolute atomic E-state index is 0.0727. The Bertz CT molecular complexity index is 728. The van der Waals surface area contributed by atoms with Crippen LogP contribution in [0.2, 0.25) is 0 Å². The van der Waals surface area contributed by atoms with Crippen LogP contribution in [0.5, 0.6) is 0 Å². The number of carbonyl (C=O) groups excluding carboxylic acids is 3. The van der Waals surface area contributed by atoms with Crippen LogP contribution in [0.1, 0.15) is 57.8 Å². The van der Waals surface area contributed by atoms with Crippen molar-refractivity contribution in [2.75, 3.05) is 34.4 Å². The topological polar surface area (TPSA) is 82.1 Å². The lowest BCUT2D eigenvalue weighted by Gasteiger charge is -2.33. The van der Waals surface area contributed by atoms with E-state index in [4.69, 9.17) is 14.2 Å². The number of ether oxygens (including phenoxy) is 3. The van der Waals surface area contributed by atoms with Crippen molar-refractivity contribution >= 4 is 17.9 Å². The van der Waals surface area contributed by atoms with Gasteiger partial charge in [-0.05, 0) is 44.9 Å². The smallest absolute Gasteiger partial charge is 0.340 e. The van der Waals surface area contributed by atoms with Crippen molar-refractivity contribution in [3.8, 4) is 0 Å². The molecule has 30 heavy (non-hydrogen) atoms. The van der Waals surface area contributed by atoms with Gasteiger partial charge in [-0.1, -0.05) is 25.0 Å². The first-order valence-electron chi connectivity index (χ1n) is 10.7. The van der Waals surface area contributed by atoms with Gasteiger partial charge in [-0.3, -0.25) is 0 Å². The summed E-state index contributed by atoms with van der Waals surface area (Å²) in [5, 5.41) is 0. The van der Waals surface area contributed by atoms with Crippen molar-refractivity contribution in [3.63, 3.8) is 0 Å². The molecule has 7 nitrogen and oxygen atoms in total. The standard InChI is InChI=1S/C23H33NO6/c1-28-21(25)17-13-9-6-4-5-7-10-14-18(22(26)29-2)20(19(17)23(27)30-3)24-15-11-8-12-16-24/h13-14H,4-12,15-16H2,1-3H3/b17-13-,18-14?,20-19-. The number of piperidine rings is 1. The summed E-state index contributed by atoms with van der Waals surface area (Å²) in [6, 6.07) is 0. The Morgan fingerprint density at radius 2 is 1.13 bits per heavy atom. The second-order valence-corrected chi connectivity index (χ2v) is 7.47. The number of esters is 3. The van der Waals surface area contributed by atoms with Gasteiger partial charge in [0, 0.05) is 13.1 Å². The first-order chi connectivity index (χ1) is 14.5. The zero-order valence-electron chi connectivity index (χ0n) is 18.3. The predicted molar refractivity (Wildman–Crippen MR) is 112 cm³/mol. The van der Waals surface area contributed by atoms with Crippen molar-refractivity contribution in [3.05, 3.63) is 34.6 Å². The van der Waals surface area contributed by atoms with Crippen LogP contribution in [0, 0.1) is 0 Å². The summed E-state index contributed by atoms with van der Waals surface area (Å²) >= 11 is 0. The predicted octanol–water partition coefficient (Wildman–Crippen LogP) is 3.45. The monoisotopic (exact) mass is 419 g/mol. The molecule has 0 amide bonds. The summed E-state index contributed by atoms with van der Waals surface area (Å²) in [5.41, 5.74) is 0.921. The van der Waals surface area contributed by atoms with E-state index in [9.17, 15) is 14.4 Å². The van der Waals surface area contributed by atoms with Crippen LogP contribution >= 0.6 is 0 Å². The Labute approximate surface area is 178 Å². The normalized spacial score (nSPS) is 23.1. The van der Waals surface area contributed by atoms with E-state index in [-0.39, 0.29) is 11.1 Å². The van der Waals surface area contributed by atoms with Gasteiger partial charge in [0.15, 0.2) is 0 Å². The van der Waals surface area contributed by atoms with Crippen LogP contribution in [0.4, 0.5) is 0 Å². The summed E-state index contributed by atoms with van der Waals surface area (Å²) in [6.07, 6.45) is 11.7. The molecule has 2 rings (SSSR count). The van der Waals surface area contributed by atoms with Crippen LogP contribution < -0.4 is 0 Å². The zero-order chi connectivity index (χ0) is 21.9. The maximum absolute atomic E-state index is 13.0. The molecule has 1 saturated heterocycles. The first-order valence-corrected chi connectivity index (χ1v) is 10.7. The van der Waals surface area contributed by atoms with Gasteiger partial charge in [0.2, 0.25) is 0 Å². The Kier molecular flexibility index (Phi) is 9.64. The molecular formula is C23H33NO6. The van der Waals surface area contributed by atoms with Gasteiger partial charge in [0.05, 0.1) is 43.7 Å². The molecule has 0 atom stereocenters. The van der Waals surface area contributed by atoms with Crippen LogP contribution in [0.15, 0.2) is 34.6 Å². The molecule has 1 aliphatic heterocycles. The van der Waals surface area contributed by atoms with E-state index in [0.29, 0.717) is 37.2 Å². The molecule has 0 unspecified atom stereocenters. The highest BCUT2D eigenvalue weighted by atomic mass is 16.5. The van der Waals surface area contributed by atoms with Crippen LogP contribution in [0.25, 0.3) is 0 Å². The van der Waals surface area contributed by atoms with E-state index >= 15 is 0 Å². The van der Waals surface area contributed by atoms with Crippen molar-refractivity contribution in [2.45, 2.75) is 57.8 Å². The lowest BCUT2D eigenvalue weighted by molar-refractivity contribution is -0.139. The van der Waals surface area contributed by atoms with Crippen molar-refractivity contribution in [1.29, 1.82) is 0 Å². The van der Waals surface area contributed by atoms with Gasteiger partial charge >= 0.3 is 17.9 Å². The Balaban J connectivity index is 2.82. The Morgan fingerprint density at radius 1 is 0.667 bits per heavy atom. The molecule has 0 aromatic heterocycles. The first kappa shape index (κ1) is 23.7. The largest absolute Gasteiger partial charge is 0.465 e. The lowest BCUT2D eigenvalue weighted by Crippen LogP contribution is -2.35. The van der Waals surface area contributed by atoms with Gasteiger partial charge in [-0.25, -0.2) is 14.4 Å². The van der Waals surface area contributed by atoms with Crippen molar-refractivity contribution in [2.24, 2.45) is 0 Å². The van der Waals surface area contributed by atoms with Crippen molar-refractivity contribution in [1.82, 2.24) is 4.90 Å². The number of rotatable bonds is 4. The second kappa shape index (κ2) is 12.2. The van der Waals surface area contributed by atoms with Gasteiger partial charge < -0.3 is 19.1 Å².